The quantitative estimate of drug-likeness (QED) is 0.149. The lowest BCUT2D eigenvalue weighted by atomic mass is 9.84. The zero-order valence-electron chi connectivity index (χ0n) is 30.9. The average Bonchev–Trinajstić information content (AvgIpc) is 3.73. The van der Waals surface area contributed by atoms with Gasteiger partial charge in [0.25, 0.3) is 0 Å². The Morgan fingerprint density at radius 2 is 1.04 bits per heavy atom. The van der Waals surface area contributed by atoms with E-state index in [1.165, 1.54) is 4.48 Å². The maximum absolute atomic E-state index is 16.0. The van der Waals surface area contributed by atoms with Gasteiger partial charge in [0, 0.05) is 28.0 Å². The molecule has 0 amide bonds. The Morgan fingerprint density at radius 3 is 1.52 bits per heavy atom. The van der Waals surface area contributed by atoms with Crippen LogP contribution in [0, 0.1) is 27.7 Å². The summed E-state index contributed by atoms with van der Waals surface area (Å²) < 4.78 is 33.1. The summed E-state index contributed by atoms with van der Waals surface area (Å²) in [7, 11) is -2.83. The van der Waals surface area contributed by atoms with E-state index in [-0.39, 0.29) is 5.41 Å². The molecular weight excluding hydrogens is 641 g/mol. The van der Waals surface area contributed by atoms with Crippen molar-refractivity contribution in [3.05, 3.63) is 189 Å². The fourth-order valence-electron chi connectivity index (χ4n) is 6.84. The number of aliphatic imine (C=N–C) groups is 1. The third-order valence-electron chi connectivity index (χ3n) is 9.93. The summed E-state index contributed by atoms with van der Waals surface area (Å²) in [4.78, 5) is 5.38. The molecule has 0 unspecified atom stereocenters. The SMILES string of the molecule is Cc1ccc(C2=CC(c3ccc(C)cc3)=N/C2=C(/c2ccc(C(C)(C)C)cc2)c2c(-c3ccc(C)cc3)cc(-c3ccc(C)cc3)n2B(F)F)cc1. The third-order valence-corrected chi connectivity index (χ3v) is 9.93. The minimum atomic E-state index is -2.83. The highest BCUT2D eigenvalue weighted by Gasteiger charge is 2.34. The summed E-state index contributed by atoms with van der Waals surface area (Å²) in [6.45, 7) is 14.7. The highest BCUT2D eigenvalue weighted by Crippen LogP contribution is 2.45. The van der Waals surface area contributed by atoms with Gasteiger partial charge >= 0.3 is 7.40 Å². The molecule has 0 N–H and O–H groups in total. The monoisotopic (exact) mass is 684 g/mol. The highest BCUT2D eigenvalue weighted by molar-refractivity contribution is 6.42. The molecule has 0 aliphatic carbocycles. The van der Waals surface area contributed by atoms with E-state index in [4.69, 9.17) is 4.99 Å². The van der Waals surface area contributed by atoms with Gasteiger partial charge in [-0.05, 0) is 73.1 Å². The van der Waals surface area contributed by atoms with Gasteiger partial charge in [-0.25, -0.2) is 4.99 Å². The van der Waals surface area contributed by atoms with Gasteiger partial charge in [0.05, 0.1) is 17.1 Å². The molecule has 1 aliphatic heterocycles. The van der Waals surface area contributed by atoms with E-state index in [2.05, 4.69) is 113 Å². The number of aryl methyl sites for hydroxylation is 4. The van der Waals surface area contributed by atoms with E-state index < -0.39 is 7.40 Å². The van der Waals surface area contributed by atoms with Crippen molar-refractivity contribution in [1.82, 2.24) is 4.48 Å². The molecule has 52 heavy (non-hydrogen) atoms. The van der Waals surface area contributed by atoms with Crippen LogP contribution in [0.15, 0.2) is 144 Å². The van der Waals surface area contributed by atoms with Crippen molar-refractivity contribution < 1.29 is 8.63 Å². The number of allylic oxidation sites excluding steroid dienone is 2. The van der Waals surface area contributed by atoms with Crippen molar-refractivity contribution >= 4 is 24.3 Å². The lowest BCUT2D eigenvalue weighted by molar-refractivity contribution is 0.590. The van der Waals surface area contributed by atoms with Crippen LogP contribution in [0.1, 0.15) is 71.0 Å². The van der Waals surface area contributed by atoms with Crippen LogP contribution in [0.3, 0.4) is 0 Å². The van der Waals surface area contributed by atoms with E-state index in [0.717, 1.165) is 72.5 Å². The fourth-order valence-corrected chi connectivity index (χ4v) is 6.84. The molecular formula is C47H43BF2N2. The molecule has 1 aliphatic rings. The van der Waals surface area contributed by atoms with Gasteiger partial charge in [0.2, 0.25) is 0 Å². The fraction of sp³-hybridized carbons (Fsp3) is 0.170. The molecule has 6 aromatic rings. The Kier molecular flexibility index (Phi) is 9.31. The highest BCUT2D eigenvalue weighted by atomic mass is 19.2. The lowest BCUT2D eigenvalue weighted by Gasteiger charge is -2.22. The molecule has 2 nitrogen and oxygen atoms in total. The molecule has 0 saturated heterocycles. The summed E-state index contributed by atoms with van der Waals surface area (Å²) in [5.74, 6) is 0. The number of hydrogen-bond acceptors (Lipinski definition) is 1. The molecule has 5 heteroatoms. The number of nitrogens with zero attached hydrogens (tertiary/aromatic N) is 2. The Morgan fingerprint density at radius 1 is 0.577 bits per heavy atom. The second kappa shape index (κ2) is 13.9. The van der Waals surface area contributed by atoms with E-state index in [1.807, 2.05) is 68.4 Å². The summed E-state index contributed by atoms with van der Waals surface area (Å²) in [6, 6.07) is 42.9. The molecule has 1 aromatic heterocycles. The predicted molar refractivity (Wildman–Crippen MR) is 216 cm³/mol. The molecule has 0 spiro atoms. The maximum atomic E-state index is 16.0. The summed E-state index contributed by atoms with van der Waals surface area (Å²) in [5, 5.41) is 0. The molecule has 7 rings (SSSR count). The van der Waals surface area contributed by atoms with Crippen LogP contribution in [0.5, 0.6) is 0 Å². The first-order chi connectivity index (χ1) is 24.9. The van der Waals surface area contributed by atoms with Gasteiger partial charge < -0.3 is 4.48 Å². The van der Waals surface area contributed by atoms with E-state index in [9.17, 15) is 0 Å². The smallest absolute Gasteiger partial charge is 0.324 e. The average molecular weight is 685 g/mol. The van der Waals surface area contributed by atoms with E-state index >= 15 is 8.63 Å². The van der Waals surface area contributed by atoms with Crippen molar-refractivity contribution in [2.75, 3.05) is 0 Å². The van der Waals surface area contributed by atoms with Crippen LogP contribution in [0.4, 0.5) is 8.63 Å². The third kappa shape index (κ3) is 6.88. The molecule has 5 aromatic carbocycles. The van der Waals surface area contributed by atoms with Gasteiger partial charge in [-0.3, -0.25) is 8.63 Å². The van der Waals surface area contributed by atoms with Crippen molar-refractivity contribution in [3.8, 4) is 22.4 Å². The minimum absolute atomic E-state index is 0.0855. The number of aromatic nitrogens is 1. The number of benzene rings is 5. The first-order valence-electron chi connectivity index (χ1n) is 17.9. The van der Waals surface area contributed by atoms with Crippen LogP contribution in [0.25, 0.3) is 33.5 Å². The van der Waals surface area contributed by atoms with Gasteiger partial charge in [-0.15, -0.1) is 0 Å². The van der Waals surface area contributed by atoms with Crippen LogP contribution >= 0.6 is 0 Å². The molecule has 0 radical (unpaired) electrons. The first-order valence-corrected chi connectivity index (χ1v) is 17.9. The molecule has 2 heterocycles. The number of halogens is 2. The number of hydrogen-bond donors (Lipinski definition) is 0. The van der Waals surface area contributed by atoms with Crippen LogP contribution < -0.4 is 0 Å². The Labute approximate surface area is 307 Å². The summed E-state index contributed by atoms with van der Waals surface area (Å²) >= 11 is 0. The van der Waals surface area contributed by atoms with Gasteiger partial charge in [0.15, 0.2) is 0 Å². The Bertz CT molecular complexity index is 2330. The maximum Gasteiger partial charge on any atom is 0.678 e. The van der Waals surface area contributed by atoms with Crippen LogP contribution in [-0.2, 0) is 5.41 Å². The largest absolute Gasteiger partial charge is 0.678 e. The Hall–Kier alpha value is -5.55. The molecule has 0 saturated carbocycles. The zero-order chi connectivity index (χ0) is 36.7. The van der Waals surface area contributed by atoms with Crippen molar-refractivity contribution in [2.45, 2.75) is 53.9 Å². The van der Waals surface area contributed by atoms with Gasteiger partial charge in [-0.1, -0.05) is 164 Å². The summed E-state index contributed by atoms with van der Waals surface area (Å²) in [5.41, 5.74) is 14.5. The van der Waals surface area contributed by atoms with Crippen molar-refractivity contribution in [3.63, 3.8) is 0 Å². The second-order valence-electron chi connectivity index (χ2n) is 15.0. The lowest BCUT2D eigenvalue weighted by Crippen LogP contribution is -2.18. The predicted octanol–water partition coefficient (Wildman–Crippen LogP) is 12.5. The zero-order valence-corrected chi connectivity index (χ0v) is 30.9. The summed E-state index contributed by atoms with van der Waals surface area (Å²) in [6.07, 6.45) is 2.11. The van der Waals surface area contributed by atoms with E-state index in [1.54, 1.807) is 0 Å². The Balaban J connectivity index is 1.63. The van der Waals surface area contributed by atoms with E-state index in [0.29, 0.717) is 22.7 Å². The van der Waals surface area contributed by atoms with Gasteiger partial charge in [-0.2, -0.15) is 0 Å². The molecule has 258 valence electrons. The first kappa shape index (κ1) is 34.9. The normalized spacial score (nSPS) is 13.9. The van der Waals surface area contributed by atoms with Gasteiger partial charge in [0.1, 0.15) is 0 Å². The minimum Gasteiger partial charge on any atom is -0.324 e. The van der Waals surface area contributed by atoms with Crippen molar-refractivity contribution in [2.24, 2.45) is 4.99 Å². The molecule has 0 atom stereocenters. The van der Waals surface area contributed by atoms with Crippen LogP contribution in [-0.4, -0.2) is 17.6 Å². The molecule has 0 fully saturated rings. The molecule has 0 bridgehead atoms. The number of rotatable bonds is 7. The van der Waals surface area contributed by atoms with Crippen LogP contribution in [0.2, 0.25) is 0 Å². The topological polar surface area (TPSA) is 17.3 Å². The second-order valence-corrected chi connectivity index (χ2v) is 15.0. The van der Waals surface area contributed by atoms with Crippen molar-refractivity contribution in [1.29, 1.82) is 0 Å². The standard InChI is InChI=1S/C47H43BF2N2/c1-30-8-16-34(17-9-30)40-28-42(36-20-12-32(3)13-21-36)51-45(40)44(38-24-26-39(27-25-38)47(5,6)7)46-41(35-18-10-31(2)11-19-35)29-43(52(46)48(49)50)37-22-14-33(4)15-23-37/h8-29H,1-7H3/b45-44-.